The first-order valence-electron chi connectivity index (χ1n) is 10.1. The van der Waals surface area contributed by atoms with Crippen molar-refractivity contribution in [1.29, 1.82) is 0 Å². The van der Waals surface area contributed by atoms with Crippen molar-refractivity contribution in [3.63, 3.8) is 0 Å². The van der Waals surface area contributed by atoms with Gasteiger partial charge in [-0.15, -0.1) is 11.8 Å². The molecule has 29 heavy (non-hydrogen) atoms. The Morgan fingerprint density at radius 1 is 0.897 bits per heavy atom. The van der Waals surface area contributed by atoms with E-state index in [0.717, 1.165) is 42.8 Å². The van der Waals surface area contributed by atoms with Gasteiger partial charge in [0.1, 0.15) is 5.82 Å². The summed E-state index contributed by atoms with van der Waals surface area (Å²) in [4.78, 5) is -0.578. The van der Waals surface area contributed by atoms with Gasteiger partial charge in [0.15, 0.2) is 4.93 Å². The molecule has 1 heterocycles. The van der Waals surface area contributed by atoms with E-state index in [-0.39, 0.29) is 11.9 Å². The van der Waals surface area contributed by atoms with Crippen molar-refractivity contribution in [3.05, 3.63) is 107 Å². The fourth-order valence-corrected chi connectivity index (χ4v) is 5.15. The number of rotatable bonds is 8. The average Bonchev–Trinajstić information content (AvgIpc) is 3.21. The zero-order valence-electron chi connectivity index (χ0n) is 16.4. The van der Waals surface area contributed by atoms with Gasteiger partial charge >= 0.3 is 0 Å². The minimum Gasteiger partial charge on any atom is -0.350 e. The summed E-state index contributed by atoms with van der Waals surface area (Å²) < 4.78 is 20.1. The van der Waals surface area contributed by atoms with E-state index in [2.05, 4.69) is 47.8 Å². The predicted octanol–water partition coefficient (Wildman–Crippen LogP) is 5.38. The highest BCUT2D eigenvalue weighted by molar-refractivity contribution is 8.00. The Kier molecular flexibility index (Phi) is 6.65. The Hall–Kier alpha value is -2.14. The highest BCUT2D eigenvalue weighted by Crippen LogP contribution is 2.49. The lowest BCUT2D eigenvalue weighted by molar-refractivity contribution is 0.0156. The van der Waals surface area contributed by atoms with Crippen molar-refractivity contribution in [1.82, 2.24) is 5.32 Å². The van der Waals surface area contributed by atoms with Crippen LogP contribution in [0.1, 0.15) is 23.1 Å². The van der Waals surface area contributed by atoms with E-state index in [4.69, 9.17) is 4.74 Å². The van der Waals surface area contributed by atoms with E-state index in [1.165, 1.54) is 17.7 Å². The first-order chi connectivity index (χ1) is 14.3. The van der Waals surface area contributed by atoms with Gasteiger partial charge in [-0.3, -0.25) is 0 Å². The summed E-state index contributed by atoms with van der Waals surface area (Å²) in [5.41, 5.74) is 3.46. The fourth-order valence-electron chi connectivity index (χ4n) is 3.74. The van der Waals surface area contributed by atoms with Gasteiger partial charge in [-0.2, -0.15) is 0 Å². The number of ether oxygens (including phenoxy) is 1. The fraction of sp³-hybridized carbons (Fsp3) is 0.280. The molecule has 3 aromatic carbocycles. The van der Waals surface area contributed by atoms with Crippen molar-refractivity contribution < 1.29 is 9.13 Å². The summed E-state index contributed by atoms with van der Waals surface area (Å²) in [6.07, 6.45) is 2.30. The Morgan fingerprint density at radius 2 is 1.55 bits per heavy atom. The van der Waals surface area contributed by atoms with E-state index in [1.54, 1.807) is 11.8 Å². The molecule has 1 aliphatic rings. The minimum absolute atomic E-state index is 0.113. The molecule has 3 aromatic rings. The number of halogens is 1. The highest BCUT2D eigenvalue weighted by Gasteiger charge is 2.44. The second kappa shape index (κ2) is 9.57. The molecule has 0 aromatic heterocycles. The number of benzene rings is 3. The molecular formula is C25H26FNOS. The zero-order chi connectivity index (χ0) is 19.9. The Labute approximate surface area is 176 Å². The van der Waals surface area contributed by atoms with Gasteiger partial charge < -0.3 is 10.1 Å². The van der Waals surface area contributed by atoms with E-state index < -0.39 is 4.93 Å². The molecule has 2 atom stereocenters. The van der Waals surface area contributed by atoms with Crippen LogP contribution in [-0.2, 0) is 16.1 Å². The molecule has 0 spiro atoms. The Morgan fingerprint density at radius 3 is 2.28 bits per heavy atom. The van der Waals surface area contributed by atoms with Crippen LogP contribution in [0.4, 0.5) is 4.39 Å². The quantitative estimate of drug-likeness (QED) is 0.507. The third-order valence-electron chi connectivity index (χ3n) is 5.22. The van der Waals surface area contributed by atoms with Crippen LogP contribution in [0.2, 0.25) is 0 Å². The van der Waals surface area contributed by atoms with Gasteiger partial charge in [0.05, 0.1) is 6.10 Å². The highest BCUT2D eigenvalue weighted by atomic mass is 32.2. The third kappa shape index (κ3) is 4.89. The summed E-state index contributed by atoms with van der Waals surface area (Å²) >= 11 is 1.79. The molecule has 0 aliphatic carbocycles. The van der Waals surface area contributed by atoms with Gasteiger partial charge in [-0.05, 0) is 48.2 Å². The summed E-state index contributed by atoms with van der Waals surface area (Å²) in [5, 5.41) is 3.55. The Bertz CT molecular complexity index is 888. The molecule has 0 saturated carbocycles. The third-order valence-corrected chi connectivity index (χ3v) is 6.73. The standard InChI is InChI=1S/C25H26FNOS/c26-23-15-13-22(14-16-23)25(21-11-5-2-6-12-21)28-24(19-29-25)18-27-17-7-10-20-8-3-1-4-9-20/h1-6,8-9,11-16,24,27H,7,10,17-19H2. The van der Waals surface area contributed by atoms with Crippen molar-refractivity contribution in [2.45, 2.75) is 23.9 Å². The monoisotopic (exact) mass is 407 g/mol. The largest absolute Gasteiger partial charge is 0.350 e. The van der Waals surface area contributed by atoms with E-state index in [9.17, 15) is 4.39 Å². The van der Waals surface area contributed by atoms with Gasteiger partial charge in [-0.25, -0.2) is 4.39 Å². The van der Waals surface area contributed by atoms with E-state index in [1.807, 2.05) is 30.3 Å². The van der Waals surface area contributed by atoms with Crippen LogP contribution < -0.4 is 5.32 Å². The van der Waals surface area contributed by atoms with Crippen LogP contribution in [0.3, 0.4) is 0 Å². The summed E-state index contributed by atoms with van der Waals surface area (Å²) in [6.45, 7) is 1.78. The number of hydrogen-bond donors (Lipinski definition) is 1. The molecule has 0 amide bonds. The van der Waals surface area contributed by atoms with Crippen molar-refractivity contribution in [3.8, 4) is 0 Å². The second-order valence-corrected chi connectivity index (χ2v) is 8.53. The molecule has 2 nitrogen and oxygen atoms in total. The van der Waals surface area contributed by atoms with Gasteiger partial charge in [0, 0.05) is 12.3 Å². The van der Waals surface area contributed by atoms with Crippen LogP contribution in [-0.4, -0.2) is 24.9 Å². The maximum atomic E-state index is 13.5. The van der Waals surface area contributed by atoms with Crippen molar-refractivity contribution in [2.75, 3.05) is 18.8 Å². The predicted molar refractivity (Wildman–Crippen MR) is 119 cm³/mol. The van der Waals surface area contributed by atoms with E-state index in [0.29, 0.717) is 0 Å². The molecule has 0 bridgehead atoms. The molecular weight excluding hydrogens is 381 g/mol. The van der Waals surface area contributed by atoms with Crippen LogP contribution in [0.5, 0.6) is 0 Å². The average molecular weight is 408 g/mol. The lowest BCUT2D eigenvalue weighted by atomic mass is 10.0. The first-order valence-corrected chi connectivity index (χ1v) is 11.1. The second-order valence-electron chi connectivity index (χ2n) is 7.33. The molecule has 4 rings (SSSR count). The Balaban J connectivity index is 1.37. The van der Waals surface area contributed by atoms with Gasteiger partial charge in [0.2, 0.25) is 0 Å². The summed E-state index contributed by atoms with van der Waals surface area (Å²) in [5.74, 6) is 0.675. The van der Waals surface area contributed by atoms with Gasteiger partial charge in [0.25, 0.3) is 0 Å². The molecule has 1 saturated heterocycles. The molecule has 1 aliphatic heterocycles. The normalized spacial score (nSPS) is 21.3. The molecule has 2 unspecified atom stereocenters. The van der Waals surface area contributed by atoms with Crippen LogP contribution >= 0.6 is 11.8 Å². The molecule has 0 radical (unpaired) electrons. The van der Waals surface area contributed by atoms with E-state index >= 15 is 0 Å². The van der Waals surface area contributed by atoms with Crippen LogP contribution in [0, 0.1) is 5.82 Å². The smallest absolute Gasteiger partial charge is 0.165 e. The molecule has 150 valence electrons. The van der Waals surface area contributed by atoms with Gasteiger partial charge in [-0.1, -0.05) is 72.8 Å². The maximum absolute atomic E-state index is 13.5. The SMILES string of the molecule is Fc1ccc(C2(c3ccccc3)OC(CNCCCc3ccccc3)CS2)cc1. The number of thioether (sulfide) groups is 1. The zero-order valence-corrected chi connectivity index (χ0v) is 17.2. The molecule has 1 N–H and O–H groups in total. The maximum Gasteiger partial charge on any atom is 0.165 e. The number of nitrogens with one attached hydrogen (secondary N) is 1. The lowest BCUT2D eigenvalue weighted by Gasteiger charge is -2.30. The van der Waals surface area contributed by atoms with Crippen LogP contribution in [0.15, 0.2) is 84.9 Å². The summed E-state index contributed by atoms with van der Waals surface area (Å²) in [7, 11) is 0. The molecule has 1 fully saturated rings. The lowest BCUT2D eigenvalue weighted by Crippen LogP contribution is -2.32. The van der Waals surface area contributed by atoms with Crippen molar-refractivity contribution in [2.24, 2.45) is 0 Å². The number of aryl methyl sites for hydroxylation is 1. The summed E-state index contributed by atoms with van der Waals surface area (Å²) in [6, 6.07) is 27.5. The molecule has 4 heteroatoms. The minimum atomic E-state index is -0.578. The number of hydrogen-bond acceptors (Lipinski definition) is 3. The topological polar surface area (TPSA) is 21.3 Å². The first kappa shape index (κ1) is 20.1. The van der Waals surface area contributed by atoms with Crippen molar-refractivity contribution >= 4 is 11.8 Å². The van der Waals surface area contributed by atoms with Crippen LogP contribution in [0.25, 0.3) is 0 Å².